The molecule has 0 fully saturated rings. The highest BCUT2D eigenvalue weighted by atomic mass is 32.2. The second-order valence-corrected chi connectivity index (χ2v) is 11.9. The maximum atomic E-state index is 14.0. The van der Waals surface area contributed by atoms with E-state index in [1.807, 2.05) is 84.9 Å². The molecule has 2 atom stereocenters. The van der Waals surface area contributed by atoms with Gasteiger partial charge < -0.3 is 25.1 Å². The summed E-state index contributed by atoms with van der Waals surface area (Å²) in [5.74, 6) is -1.06. The SMILES string of the molecule is COC(=O)[C@@H](Cc1cnc[nH]1)NC(=O)[C@H](CSC(c1ccccc1)(c1ccccc1)c1ccccc1)NC(=O)OCc1ccccc1. The molecule has 9 nitrogen and oxygen atoms in total. The first-order valence-corrected chi connectivity index (χ1v) is 16.1. The van der Waals surface area contributed by atoms with Gasteiger partial charge in [-0.05, 0) is 22.3 Å². The van der Waals surface area contributed by atoms with Crippen molar-refractivity contribution in [3.05, 3.63) is 162 Å². The Morgan fingerprint density at radius 2 is 1.30 bits per heavy atom. The molecule has 5 aromatic rings. The van der Waals surface area contributed by atoms with Gasteiger partial charge in [0.2, 0.25) is 5.91 Å². The summed E-state index contributed by atoms with van der Waals surface area (Å²) >= 11 is 1.50. The highest BCUT2D eigenvalue weighted by Gasteiger charge is 2.39. The minimum absolute atomic E-state index is 0.0285. The third-order valence-corrected chi connectivity index (χ3v) is 9.25. The predicted octanol–water partition coefficient (Wildman–Crippen LogP) is 5.63. The van der Waals surface area contributed by atoms with E-state index in [9.17, 15) is 14.4 Å². The normalized spacial score (nSPS) is 12.4. The van der Waals surface area contributed by atoms with Gasteiger partial charge in [-0.2, -0.15) is 0 Å². The summed E-state index contributed by atoms with van der Waals surface area (Å²) in [5, 5.41) is 5.56. The number of carbonyl (C=O) groups is 3. The molecule has 0 saturated heterocycles. The number of nitrogens with zero attached hydrogens (tertiary/aromatic N) is 1. The number of methoxy groups -OCH3 is 1. The van der Waals surface area contributed by atoms with Crippen molar-refractivity contribution in [1.82, 2.24) is 20.6 Å². The van der Waals surface area contributed by atoms with E-state index in [4.69, 9.17) is 9.47 Å². The number of imidazole rings is 1. The third-order valence-electron chi connectivity index (χ3n) is 7.61. The molecule has 0 unspecified atom stereocenters. The number of benzene rings is 4. The number of amides is 2. The number of ether oxygens (including phenoxy) is 2. The van der Waals surface area contributed by atoms with Crippen molar-refractivity contribution in [1.29, 1.82) is 0 Å². The fraction of sp³-hybridized carbons (Fsp3) is 0.189. The Kier molecular flexibility index (Phi) is 11.4. The molecule has 0 spiro atoms. The molecule has 0 bridgehead atoms. The lowest BCUT2D eigenvalue weighted by Crippen LogP contribution is -2.54. The first kappa shape index (κ1) is 33.0. The van der Waals surface area contributed by atoms with Gasteiger partial charge in [0.05, 0.1) is 18.2 Å². The molecule has 10 heteroatoms. The van der Waals surface area contributed by atoms with Gasteiger partial charge in [-0.15, -0.1) is 11.8 Å². The minimum Gasteiger partial charge on any atom is -0.467 e. The number of rotatable bonds is 14. The van der Waals surface area contributed by atoms with E-state index in [1.54, 1.807) is 6.20 Å². The van der Waals surface area contributed by atoms with Gasteiger partial charge in [-0.3, -0.25) is 4.79 Å². The Hall–Kier alpha value is -5.35. The van der Waals surface area contributed by atoms with Crippen molar-refractivity contribution in [3.63, 3.8) is 0 Å². The fourth-order valence-corrected chi connectivity index (χ4v) is 6.85. The van der Waals surface area contributed by atoms with E-state index < -0.39 is 34.8 Å². The third kappa shape index (κ3) is 8.47. The number of esters is 1. The van der Waals surface area contributed by atoms with Gasteiger partial charge in [0, 0.05) is 24.1 Å². The molecule has 5 rings (SSSR count). The summed E-state index contributed by atoms with van der Waals surface area (Å²) in [5.41, 5.74) is 4.44. The summed E-state index contributed by atoms with van der Waals surface area (Å²) in [4.78, 5) is 46.9. The van der Waals surface area contributed by atoms with Crippen LogP contribution < -0.4 is 10.6 Å². The number of aromatic nitrogens is 2. The molecular formula is C37H36N4O5S. The molecule has 4 aromatic carbocycles. The van der Waals surface area contributed by atoms with Gasteiger partial charge in [-0.25, -0.2) is 14.6 Å². The molecule has 240 valence electrons. The highest BCUT2D eigenvalue weighted by Crippen LogP contribution is 2.48. The summed E-state index contributed by atoms with van der Waals surface area (Å²) < 4.78 is 9.75. The van der Waals surface area contributed by atoms with E-state index in [0.29, 0.717) is 5.69 Å². The van der Waals surface area contributed by atoms with Crippen LogP contribution in [0.1, 0.15) is 27.9 Å². The van der Waals surface area contributed by atoms with Crippen molar-refractivity contribution in [2.24, 2.45) is 0 Å². The van der Waals surface area contributed by atoms with Crippen LogP contribution in [0, 0.1) is 0 Å². The van der Waals surface area contributed by atoms with E-state index in [0.717, 1.165) is 22.3 Å². The van der Waals surface area contributed by atoms with Crippen molar-refractivity contribution in [3.8, 4) is 0 Å². The van der Waals surface area contributed by atoms with Crippen LogP contribution in [0.4, 0.5) is 4.79 Å². The zero-order valence-electron chi connectivity index (χ0n) is 25.9. The number of H-pyrrole nitrogens is 1. The molecule has 0 radical (unpaired) electrons. The number of hydrogen-bond donors (Lipinski definition) is 3. The average Bonchev–Trinajstić information content (AvgIpc) is 3.65. The quantitative estimate of drug-likeness (QED) is 0.105. The Labute approximate surface area is 278 Å². The number of alkyl carbamates (subject to hydrolysis) is 1. The van der Waals surface area contributed by atoms with Gasteiger partial charge in [-0.1, -0.05) is 121 Å². The first-order chi connectivity index (χ1) is 23.0. The lowest BCUT2D eigenvalue weighted by atomic mass is 9.84. The minimum atomic E-state index is -1.09. The van der Waals surface area contributed by atoms with Crippen LogP contribution in [0.3, 0.4) is 0 Å². The Morgan fingerprint density at radius 1 is 0.766 bits per heavy atom. The predicted molar refractivity (Wildman–Crippen MR) is 181 cm³/mol. The van der Waals surface area contributed by atoms with Gasteiger partial charge in [0.15, 0.2) is 0 Å². The van der Waals surface area contributed by atoms with Crippen LogP contribution in [-0.4, -0.2) is 52.9 Å². The fourth-order valence-electron chi connectivity index (χ4n) is 5.29. The topological polar surface area (TPSA) is 122 Å². The number of carbonyl (C=O) groups excluding carboxylic acids is 3. The average molecular weight is 649 g/mol. The second kappa shape index (κ2) is 16.3. The molecule has 47 heavy (non-hydrogen) atoms. The van der Waals surface area contributed by atoms with E-state index in [1.165, 1.54) is 25.2 Å². The van der Waals surface area contributed by atoms with Crippen LogP contribution in [0.5, 0.6) is 0 Å². The van der Waals surface area contributed by atoms with Gasteiger partial charge in [0.25, 0.3) is 0 Å². The molecule has 3 N–H and O–H groups in total. The molecule has 0 aliphatic heterocycles. The Balaban J connectivity index is 1.47. The van der Waals surface area contributed by atoms with Crippen molar-refractivity contribution in [2.45, 2.75) is 29.9 Å². The molecule has 1 aromatic heterocycles. The number of nitrogens with one attached hydrogen (secondary N) is 3. The summed E-state index contributed by atoms with van der Waals surface area (Å²) in [6.07, 6.45) is 2.43. The zero-order valence-corrected chi connectivity index (χ0v) is 26.7. The lowest BCUT2D eigenvalue weighted by Gasteiger charge is -2.36. The number of hydrogen-bond acceptors (Lipinski definition) is 7. The molecule has 0 aliphatic carbocycles. The lowest BCUT2D eigenvalue weighted by molar-refractivity contribution is -0.145. The van der Waals surface area contributed by atoms with Crippen LogP contribution in [0.15, 0.2) is 134 Å². The molecule has 0 aliphatic rings. The summed E-state index contributed by atoms with van der Waals surface area (Å²) in [6, 6.07) is 37.3. The molecule has 0 saturated carbocycles. The van der Waals surface area contributed by atoms with Crippen molar-refractivity contribution >= 4 is 29.7 Å². The monoisotopic (exact) mass is 648 g/mol. The van der Waals surface area contributed by atoms with Crippen LogP contribution in [-0.2, 0) is 36.8 Å². The van der Waals surface area contributed by atoms with E-state index in [-0.39, 0.29) is 18.8 Å². The van der Waals surface area contributed by atoms with Crippen LogP contribution in [0.25, 0.3) is 0 Å². The van der Waals surface area contributed by atoms with E-state index in [2.05, 4.69) is 57.0 Å². The number of thioether (sulfide) groups is 1. The van der Waals surface area contributed by atoms with Gasteiger partial charge >= 0.3 is 12.1 Å². The first-order valence-electron chi connectivity index (χ1n) is 15.1. The maximum Gasteiger partial charge on any atom is 0.408 e. The summed E-state index contributed by atoms with van der Waals surface area (Å²) in [7, 11) is 1.26. The highest BCUT2D eigenvalue weighted by molar-refractivity contribution is 8.00. The largest absolute Gasteiger partial charge is 0.467 e. The van der Waals surface area contributed by atoms with Gasteiger partial charge in [0.1, 0.15) is 18.7 Å². The van der Waals surface area contributed by atoms with E-state index >= 15 is 0 Å². The Bertz CT molecular complexity index is 1610. The molecule has 1 heterocycles. The molecule has 2 amide bonds. The second-order valence-electron chi connectivity index (χ2n) is 10.7. The smallest absolute Gasteiger partial charge is 0.408 e. The van der Waals surface area contributed by atoms with Crippen molar-refractivity contribution < 1.29 is 23.9 Å². The van der Waals surface area contributed by atoms with Crippen LogP contribution >= 0.6 is 11.8 Å². The zero-order chi connectivity index (χ0) is 32.9. The standard InChI is InChI=1S/C37H36N4O5S/c1-45-35(43)32(22-31-23-38-26-39-31)40-34(42)33(41-36(44)46-24-27-14-6-2-7-15-27)25-47-37(28-16-8-3-9-17-28,29-18-10-4-11-19-29)30-20-12-5-13-21-30/h2-21,23,26,32-33H,22,24-25H2,1H3,(H,38,39)(H,40,42)(H,41,44)/t32-,33+/m1/s1. The Morgan fingerprint density at radius 3 is 1.79 bits per heavy atom. The maximum absolute atomic E-state index is 14.0. The van der Waals surface area contributed by atoms with Crippen LogP contribution in [0.2, 0.25) is 0 Å². The molecular weight excluding hydrogens is 612 g/mol. The number of aromatic amines is 1. The van der Waals surface area contributed by atoms with Crippen molar-refractivity contribution in [2.75, 3.05) is 12.9 Å². The summed E-state index contributed by atoms with van der Waals surface area (Å²) in [6.45, 7) is 0.0285.